The number of hydrogen-bond acceptors (Lipinski definition) is 3. The van der Waals surface area contributed by atoms with E-state index in [4.69, 9.17) is 10.8 Å². The lowest BCUT2D eigenvalue weighted by Gasteiger charge is -2.20. The Hall–Kier alpha value is -1.29. The molecule has 0 fully saturated rings. The first-order valence-corrected chi connectivity index (χ1v) is 3.15. The predicted octanol–water partition coefficient (Wildman–Crippen LogP) is -0.395. The summed E-state index contributed by atoms with van der Waals surface area (Å²) in [5.74, 6) is -1.27. The Bertz CT molecular complexity index is 244. The number of carboxylic acids is 1. The Morgan fingerprint density at radius 1 is 1.73 bits per heavy atom. The smallest absolute Gasteiger partial charge is 0.340 e. The molecule has 1 unspecified atom stereocenters. The highest BCUT2D eigenvalue weighted by molar-refractivity contribution is 5.80. The average Bonchev–Trinajstić information content (AvgIpc) is 1.86. The van der Waals surface area contributed by atoms with Crippen LogP contribution in [0.4, 0.5) is 0 Å². The molecule has 0 saturated carbocycles. The third kappa shape index (κ3) is 1.40. The molecule has 11 heavy (non-hydrogen) atoms. The molecule has 1 aliphatic carbocycles. The van der Waals surface area contributed by atoms with E-state index in [9.17, 15) is 9.90 Å². The van der Waals surface area contributed by atoms with E-state index in [0.717, 1.165) is 6.08 Å². The molecule has 4 nitrogen and oxygen atoms in total. The molecule has 0 aromatic carbocycles. The fourth-order valence-electron chi connectivity index (χ4n) is 0.906. The van der Waals surface area contributed by atoms with Crippen molar-refractivity contribution in [3.05, 3.63) is 23.9 Å². The topological polar surface area (TPSA) is 83.5 Å². The minimum Gasteiger partial charge on any atom is -0.479 e. The van der Waals surface area contributed by atoms with E-state index in [1.165, 1.54) is 6.08 Å². The summed E-state index contributed by atoms with van der Waals surface area (Å²) in [5.41, 5.74) is 3.77. The van der Waals surface area contributed by atoms with Crippen molar-refractivity contribution in [1.29, 1.82) is 0 Å². The van der Waals surface area contributed by atoms with Gasteiger partial charge in [0.25, 0.3) is 0 Å². The van der Waals surface area contributed by atoms with Crippen LogP contribution in [0.25, 0.3) is 0 Å². The van der Waals surface area contributed by atoms with Gasteiger partial charge in [-0.1, -0.05) is 6.08 Å². The quantitative estimate of drug-likeness (QED) is 0.481. The summed E-state index contributed by atoms with van der Waals surface area (Å²) in [6.45, 7) is 0. The molecule has 0 bridgehead atoms. The molecule has 0 heterocycles. The molecule has 0 aromatic heterocycles. The first-order chi connectivity index (χ1) is 5.04. The summed E-state index contributed by atoms with van der Waals surface area (Å²) >= 11 is 0. The van der Waals surface area contributed by atoms with Crippen LogP contribution in [-0.4, -0.2) is 21.8 Å². The number of allylic oxidation sites excluding steroid dienone is 1. The molecule has 4 heteroatoms. The molecule has 1 aliphatic rings. The second-order valence-electron chi connectivity index (χ2n) is 2.48. The van der Waals surface area contributed by atoms with Crippen LogP contribution in [0.3, 0.4) is 0 Å². The van der Waals surface area contributed by atoms with Crippen molar-refractivity contribution in [1.82, 2.24) is 0 Å². The van der Waals surface area contributed by atoms with Gasteiger partial charge in [-0.3, -0.25) is 0 Å². The molecular formula is C7H9NO3. The van der Waals surface area contributed by atoms with Crippen LogP contribution in [-0.2, 0) is 4.79 Å². The molecule has 0 radical (unpaired) electrons. The molecule has 1 rings (SSSR count). The van der Waals surface area contributed by atoms with Crippen molar-refractivity contribution in [3.8, 4) is 0 Å². The van der Waals surface area contributed by atoms with Gasteiger partial charge in [0.15, 0.2) is 5.60 Å². The first kappa shape index (κ1) is 7.81. The average molecular weight is 155 g/mol. The number of aliphatic carboxylic acids is 1. The Kier molecular flexibility index (Phi) is 1.70. The van der Waals surface area contributed by atoms with E-state index < -0.39 is 11.6 Å². The zero-order valence-electron chi connectivity index (χ0n) is 5.82. The van der Waals surface area contributed by atoms with Gasteiger partial charge < -0.3 is 15.9 Å². The molecule has 0 aromatic rings. The molecule has 0 aliphatic heterocycles. The third-order valence-corrected chi connectivity index (χ3v) is 1.52. The maximum atomic E-state index is 10.4. The largest absolute Gasteiger partial charge is 0.479 e. The van der Waals surface area contributed by atoms with Crippen LogP contribution in [0.2, 0.25) is 0 Å². The lowest BCUT2D eigenvalue weighted by Crippen LogP contribution is -2.37. The second kappa shape index (κ2) is 2.39. The molecule has 0 saturated heterocycles. The van der Waals surface area contributed by atoms with Crippen LogP contribution in [0.5, 0.6) is 0 Å². The molecule has 0 amide bonds. The number of rotatable bonds is 1. The van der Waals surface area contributed by atoms with Gasteiger partial charge in [0.05, 0.1) is 0 Å². The molecular weight excluding hydrogens is 146 g/mol. The molecule has 1 atom stereocenters. The van der Waals surface area contributed by atoms with Gasteiger partial charge >= 0.3 is 5.97 Å². The Balaban J connectivity index is 2.92. The van der Waals surface area contributed by atoms with E-state index in [0.29, 0.717) is 0 Å². The van der Waals surface area contributed by atoms with Crippen LogP contribution in [0, 0.1) is 0 Å². The zero-order chi connectivity index (χ0) is 8.48. The number of hydrogen-bond donors (Lipinski definition) is 3. The third-order valence-electron chi connectivity index (χ3n) is 1.52. The van der Waals surface area contributed by atoms with Crippen molar-refractivity contribution < 1.29 is 15.0 Å². The number of aliphatic hydroxyl groups is 1. The summed E-state index contributed by atoms with van der Waals surface area (Å²) in [6.07, 6.45) is 4.30. The zero-order valence-corrected chi connectivity index (χ0v) is 5.82. The highest BCUT2D eigenvalue weighted by Crippen LogP contribution is 2.19. The fourth-order valence-corrected chi connectivity index (χ4v) is 0.906. The maximum absolute atomic E-state index is 10.4. The summed E-state index contributed by atoms with van der Waals surface area (Å²) in [7, 11) is 0. The van der Waals surface area contributed by atoms with Crippen molar-refractivity contribution >= 4 is 5.97 Å². The number of nitrogens with two attached hydrogens (primary N) is 1. The van der Waals surface area contributed by atoms with Gasteiger partial charge in [-0.25, -0.2) is 4.79 Å². The van der Waals surface area contributed by atoms with E-state index in [-0.39, 0.29) is 12.1 Å². The second-order valence-corrected chi connectivity index (χ2v) is 2.48. The van der Waals surface area contributed by atoms with Crippen molar-refractivity contribution in [3.63, 3.8) is 0 Å². The van der Waals surface area contributed by atoms with Gasteiger partial charge in [-0.2, -0.15) is 0 Å². The van der Waals surface area contributed by atoms with Gasteiger partial charge in [0, 0.05) is 12.1 Å². The van der Waals surface area contributed by atoms with Gasteiger partial charge in [0.1, 0.15) is 0 Å². The van der Waals surface area contributed by atoms with Crippen molar-refractivity contribution in [2.24, 2.45) is 5.73 Å². The van der Waals surface area contributed by atoms with Crippen molar-refractivity contribution in [2.45, 2.75) is 12.0 Å². The minimum absolute atomic E-state index is 0.0725. The van der Waals surface area contributed by atoms with Crippen LogP contribution < -0.4 is 5.73 Å². The molecule has 4 N–H and O–H groups in total. The van der Waals surface area contributed by atoms with E-state index in [1.54, 1.807) is 6.08 Å². The van der Waals surface area contributed by atoms with Gasteiger partial charge in [-0.15, -0.1) is 0 Å². The Morgan fingerprint density at radius 3 is 2.73 bits per heavy atom. The first-order valence-electron chi connectivity index (χ1n) is 3.15. The predicted molar refractivity (Wildman–Crippen MR) is 38.6 cm³/mol. The summed E-state index contributed by atoms with van der Waals surface area (Å²) in [5, 5.41) is 17.8. The highest BCUT2D eigenvalue weighted by atomic mass is 16.4. The van der Waals surface area contributed by atoms with Crippen LogP contribution in [0.15, 0.2) is 23.9 Å². The fraction of sp³-hybridized carbons (Fsp3) is 0.286. The lowest BCUT2D eigenvalue weighted by molar-refractivity contribution is -0.153. The SMILES string of the molecule is NC1=CC(O)(C(=O)O)CC=C1. The molecule has 60 valence electrons. The summed E-state index contributed by atoms with van der Waals surface area (Å²) in [4.78, 5) is 10.4. The van der Waals surface area contributed by atoms with Gasteiger partial charge in [0.2, 0.25) is 0 Å². The van der Waals surface area contributed by atoms with E-state index in [1.807, 2.05) is 0 Å². The summed E-state index contributed by atoms with van der Waals surface area (Å²) in [6, 6.07) is 0. The Labute approximate surface area is 63.6 Å². The molecule has 0 spiro atoms. The normalized spacial score (nSPS) is 29.7. The van der Waals surface area contributed by atoms with Gasteiger partial charge in [-0.05, 0) is 12.2 Å². The number of carbonyl (C=O) groups is 1. The number of carboxylic acid groups (broad SMARTS) is 1. The Morgan fingerprint density at radius 2 is 2.36 bits per heavy atom. The lowest BCUT2D eigenvalue weighted by atomic mass is 9.94. The monoisotopic (exact) mass is 155 g/mol. The standard InChI is InChI=1S/C7H9NO3/c8-5-2-1-3-7(11,4-5)6(9)10/h1-2,4,11H,3,8H2,(H,9,10). The summed E-state index contributed by atoms with van der Waals surface area (Å²) < 4.78 is 0. The minimum atomic E-state index is -1.81. The van der Waals surface area contributed by atoms with Crippen LogP contribution in [0.1, 0.15) is 6.42 Å². The van der Waals surface area contributed by atoms with Crippen molar-refractivity contribution in [2.75, 3.05) is 0 Å². The van der Waals surface area contributed by atoms with E-state index in [2.05, 4.69) is 0 Å². The maximum Gasteiger partial charge on any atom is 0.340 e. The van der Waals surface area contributed by atoms with E-state index >= 15 is 0 Å². The highest BCUT2D eigenvalue weighted by Gasteiger charge is 2.33. The van der Waals surface area contributed by atoms with Crippen LogP contribution >= 0.6 is 0 Å².